The fraction of sp³-hybridized carbons (Fsp3) is 0.333. The summed E-state index contributed by atoms with van der Waals surface area (Å²) in [4.78, 5) is 0. The fourth-order valence-electron chi connectivity index (χ4n) is 1.82. The van der Waals surface area contributed by atoms with Crippen molar-refractivity contribution >= 4 is 0 Å². The van der Waals surface area contributed by atoms with Crippen LogP contribution in [-0.4, -0.2) is 20.0 Å². The second-order valence-corrected chi connectivity index (χ2v) is 3.46. The maximum atomic E-state index is 5.46. The molecule has 1 aromatic carbocycles. The van der Waals surface area contributed by atoms with Crippen molar-refractivity contribution in [3.05, 3.63) is 48.0 Å². The van der Waals surface area contributed by atoms with Gasteiger partial charge in [-0.2, -0.15) is 0 Å². The van der Waals surface area contributed by atoms with Gasteiger partial charge in [0, 0.05) is 7.11 Å². The average molecular weight is 190 g/mol. The highest BCUT2D eigenvalue weighted by Crippen LogP contribution is 2.34. The number of methoxy groups -OCH3 is 1. The molecule has 0 bridgehead atoms. The van der Waals surface area contributed by atoms with Crippen LogP contribution >= 0.6 is 0 Å². The van der Waals surface area contributed by atoms with E-state index in [0.717, 1.165) is 5.57 Å². The first kappa shape index (κ1) is 9.44. The standard InChI is InChI=1S/C12H14O2/c1-9-8-14-12(13-2)11(9)10-6-4-3-5-7-10/h3-7,11-12H,1,8H2,2H3/t11-,12+/m0/s1. The van der Waals surface area contributed by atoms with E-state index in [-0.39, 0.29) is 12.2 Å². The summed E-state index contributed by atoms with van der Waals surface area (Å²) in [6.07, 6.45) is -0.176. The van der Waals surface area contributed by atoms with Gasteiger partial charge in [0.2, 0.25) is 0 Å². The van der Waals surface area contributed by atoms with Gasteiger partial charge in [-0.25, -0.2) is 0 Å². The molecular formula is C12H14O2. The number of rotatable bonds is 2. The lowest BCUT2D eigenvalue weighted by atomic mass is 9.94. The van der Waals surface area contributed by atoms with Gasteiger partial charge in [-0.3, -0.25) is 0 Å². The predicted octanol–water partition coefficient (Wildman–Crippen LogP) is 2.33. The van der Waals surface area contributed by atoms with Crippen molar-refractivity contribution in [1.82, 2.24) is 0 Å². The van der Waals surface area contributed by atoms with Gasteiger partial charge in [-0.15, -0.1) is 0 Å². The summed E-state index contributed by atoms with van der Waals surface area (Å²) in [5.41, 5.74) is 2.30. The molecule has 0 aliphatic carbocycles. The molecule has 2 heteroatoms. The predicted molar refractivity (Wildman–Crippen MR) is 55.1 cm³/mol. The highest BCUT2D eigenvalue weighted by Gasteiger charge is 2.32. The van der Waals surface area contributed by atoms with Crippen LogP contribution in [0.5, 0.6) is 0 Å². The number of hydrogen-bond acceptors (Lipinski definition) is 2. The van der Waals surface area contributed by atoms with Crippen molar-refractivity contribution in [2.24, 2.45) is 0 Å². The lowest BCUT2D eigenvalue weighted by molar-refractivity contribution is -0.0963. The van der Waals surface area contributed by atoms with E-state index in [0.29, 0.717) is 6.61 Å². The monoisotopic (exact) mass is 190 g/mol. The maximum Gasteiger partial charge on any atom is 0.168 e. The number of ether oxygens (including phenoxy) is 2. The Kier molecular flexibility index (Phi) is 2.66. The summed E-state index contributed by atoms with van der Waals surface area (Å²) in [5.74, 6) is 0.182. The SMILES string of the molecule is C=C1CO[C@@H](OC)[C@@H]1c1ccccc1. The topological polar surface area (TPSA) is 18.5 Å². The van der Waals surface area contributed by atoms with Crippen LogP contribution in [0.25, 0.3) is 0 Å². The van der Waals surface area contributed by atoms with Crippen molar-refractivity contribution in [2.75, 3.05) is 13.7 Å². The molecule has 2 atom stereocenters. The molecule has 2 rings (SSSR count). The van der Waals surface area contributed by atoms with Crippen LogP contribution in [0.1, 0.15) is 11.5 Å². The van der Waals surface area contributed by atoms with Crippen LogP contribution in [0.15, 0.2) is 42.5 Å². The van der Waals surface area contributed by atoms with Gasteiger partial charge in [-0.1, -0.05) is 36.9 Å². The Morgan fingerprint density at radius 2 is 2.07 bits per heavy atom. The third-order valence-corrected chi connectivity index (χ3v) is 2.54. The van der Waals surface area contributed by atoms with Crippen LogP contribution in [-0.2, 0) is 9.47 Å². The highest BCUT2D eigenvalue weighted by molar-refractivity contribution is 5.30. The summed E-state index contributed by atoms with van der Waals surface area (Å²) in [6.45, 7) is 4.60. The molecule has 2 nitrogen and oxygen atoms in total. The van der Waals surface area contributed by atoms with Gasteiger partial charge in [-0.05, 0) is 11.1 Å². The normalized spacial score (nSPS) is 26.8. The summed E-state index contributed by atoms with van der Waals surface area (Å²) < 4.78 is 10.7. The van der Waals surface area contributed by atoms with E-state index in [1.165, 1.54) is 5.56 Å². The van der Waals surface area contributed by atoms with Gasteiger partial charge >= 0.3 is 0 Å². The highest BCUT2D eigenvalue weighted by atomic mass is 16.7. The molecule has 0 saturated carbocycles. The molecule has 0 spiro atoms. The summed E-state index contributed by atoms with van der Waals surface area (Å²) in [6, 6.07) is 10.2. The summed E-state index contributed by atoms with van der Waals surface area (Å²) in [5, 5.41) is 0. The molecule has 0 aromatic heterocycles. The zero-order chi connectivity index (χ0) is 9.97. The average Bonchev–Trinajstić information content (AvgIpc) is 2.61. The van der Waals surface area contributed by atoms with E-state index in [2.05, 4.69) is 18.7 Å². The van der Waals surface area contributed by atoms with Crippen molar-refractivity contribution < 1.29 is 9.47 Å². The second kappa shape index (κ2) is 3.95. The molecule has 1 aliphatic heterocycles. The molecule has 0 amide bonds. The van der Waals surface area contributed by atoms with Crippen molar-refractivity contribution in [1.29, 1.82) is 0 Å². The Hall–Kier alpha value is -1.12. The third-order valence-electron chi connectivity index (χ3n) is 2.54. The lowest BCUT2D eigenvalue weighted by Crippen LogP contribution is -2.16. The van der Waals surface area contributed by atoms with E-state index in [1.807, 2.05) is 18.2 Å². The van der Waals surface area contributed by atoms with Gasteiger partial charge in [0.1, 0.15) is 0 Å². The third kappa shape index (κ3) is 1.59. The van der Waals surface area contributed by atoms with Gasteiger partial charge in [0.15, 0.2) is 6.29 Å². The minimum atomic E-state index is -0.176. The fourth-order valence-corrected chi connectivity index (χ4v) is 1.82. The van der Waals surface area contributed by atoms with Crippen LogP contribution in [0.2, 0.25) is 0 Å². The lowest BCUT2D eigenvalue weighted by Gasteiger charge is -2.17. The van der Waals surface area contributed by atoms with Gasteiger partial charge in [0.05, 0.1) is 12.5 Å². The Bertz CT molecular complexity index is 318. The summed E-state index contributed by atoms with van der Waals surface area (Å²) in [7, 11) is 1.67. The van der Waals surface area contributed by atoms with Crippen molar-refractivity contribution in [3.63, 3.8) is 0 Å². The van der Waals surface area contributed by atoms with Crippen LogP contribution in [0.4, 0.5) is 0 Å². The molecule has 14 heavy (non-hydrogen) atoms. The van der Waals surface area contributed by atoms with Crippen molar-refractivity contribution in [2.45, 2.75) is 12.2 Å². The first-order valence-corrected chi connectivity index (χ1v) is 4.70. The summed E-state index contributed by atoms with van der Waals surface area (Å²) >= 11 is 0. The smallest absolute Gasteiger partial charge is 0.168 e. The molecule has 0 unspecified atom stereocenters. The van der Waals surface area contributed by atoms with E-state index in [1.54, 1.807) is 7.11 Å². The van der Waals surface area contributed by atoms with E-state index < -0.39 is 0 Å². The minimum absolute atomic E-state index is 0.176. The molecule has 1 aromatic rings. The minimum Gasteiger partial charge on any atom is -0.355 e. The Labute approximate surface area is 84.2 Å². The van der Waals surface area contributed by atoms with Crippen molar-refractivity contribution in [3.8, 4) is 0 Å². The van der Waals surface area contributed by atoms with Crippen LogP contribution in [0.3, 0.4) is 0 Å². The molecule has 0 radical (unpaired) electrons. The Morgan fingerprint density at radius 3 is 2.71 bits per heavy atom. The zero-order valence-electron chi connectivity index (χ0n) is 8.27. The first-order chi connectivity index (χ1) is 6.83. The maximum absolute atomic E-state index is 5.46. The van der Waals surface area contributed by atoms with Crippen LogP contribution in [0, 0.1) is 0 Å². The molecule has 74 valence electrons. The molecule has 1 fully saturated rings. The zero-order valence-corrected chi connectivity index (χ0v) is 8.27. The van der Waals surface area contributed by atoms with E-state index >= 15 is 0 Å². The first-order valence-electron chi connectivity index (χ1n) is 4.70. The number of hydrogen-bond donors (Lipinski definition) is 0. The van der Waals surface area contributed by atoms with Crippen LogP contribution < -0.4 is 0 Å². The second-order valence-electron chi connectivity index (χ2n) is 3.46. The molecule has 1 heterocycles. The van der Waals surface area contributed by atoms with E-state index in [4.69, 9.17) is 9.47 Å². The molecular weight excluding hydrogens is 176 g/mol. The molecule has 1 saturated heterocycles. The Morgan fingerprint density at radius 1 is 1.36 bits per heavy atom. The quantitative estimate of drug-likeness (QED) is 0.666. The Balaban J connectivity index is 2.28. The van der Waals surface area contributed by atoms with Gasteiger partial charge in [0.25, 0.3) is 0 Å². The molecule has 1 aliphatic rings. The van der Waals surface area contributed by atoms with E-state index in [9.17, 15) is 0 Å². The molecule has 0 N–H and O–H groups in total. The largest absolute Gasteiger partial charge is 0.355 e. The number of benzene rings is 1. The van der Waals surface area contributed by atoms with Gasteiger partial charge < -0.3 is 9.47 Å².